The van der Waals surface area contributed by atoms with E-state index in [1.807, 2.05) is 0 Å². The molecule has 0 aliphatic heterocycles. The molecule has 0 heterocycles. The highest BCUT2D eigenvalue weighted by molar-refractivity contribution is 9.10. The minimum absolute atomic E-state index is 0.0303. The number of nitro groups is 1. The van der Waals surface area contributed by atoms with Gasteiger partial charge in [-0.15, -0.1) is 0 Å². The Balaban J connectivity index is 3.13. The molecule has 0 spiro atoms. The fourth-order valence-electron chi connectivity index (χ4n) is 1.12. The van der Waals surface area contributed by atoms with Crippen LogP contribution in [-0.2, 0) is 9.53 Å². The zero-order valence-corrected chi connectivity index (χ0v) is 11.1. The second kappa shape index (κ2) is 5.74. The lowest BCUT2D eigenvalue weighted by Gasteiger charge is -2.10. The maximum absolute atomic E-state index is 13.2. The highest BCUT2D eigenvalue weighted by atomic mass is 79.9. The number of hydrogen-bond acceptors (Lipinski definition) is 5. The second-order valence-electron chi connectivity index (χ2n) is 3.49. The molecule has 0 fully saturated rings. The van der Waals surface area contributed by atoms with E-state index in [2.05, 4.69) is 20.7 Å². The summed E-state index contributed by atoms with van der Waals surface area (Å²) in [6, 6.07) is 1.49. The van der Waals surface area contributed by atoms with Crippen molar-refractivity contribution in [2.24, 2.45) is 5.73 Å². The van der Waals surface area contributed by atoms with E-state index in [-0.39, 0.29) is 10.0 Å². The van der Waals surface area contributed by atoms with Gasteiger partial charge >= 0.3 is 11.7 Å². The van der Waals surface area contributed by atoms with Crippen molar-refractivity contribution < 1.29 is 23.6 Å². The van der Waals surface area contributed by atoms with Gasteiger partial charge in [0.2, 0.25) is 5.82 Å². The molecule has 0 bridgehead atoms. The third-order valence-corrected chi connectivity index (χ3v) is 2.79. The third-order valence-electron chi connectivity index (χ3n) is 2.14. The van der Waals surface area contributed by atoms with E-state index in [4.69, 9.17) is 5.73 Å². The second-order valence-corrected chi connectivity index (χ2v) is 4.34. The molecule has 0 saturated heterocycles. The first-order valence-electron chi connectivity index (χ1n) is 4.87. The van der Waals surface area contributed by atoms with E-state index in [1.54, 1.807) is 0 Å². The van der Waals surface area contributed by atoms with E-state index >= 15 is 0 Å². The zero-order chi connectivity index (χ0) is 14.7. The molecule has 9 heteroatoms. The number of amides is 1. The van der Waals surface area contributed by atoms with Crippen molar-refractivity contribution in [3.05, 3.63) is 38.1 Å². The number of nitrogens with two attached hydrogens (primary N) is 1. The van der Waals surface area contributed by atoms with Crippen molar-refractivity contribution in [2.75, 3.05) is 0 Å². The average molecular weight is 335 g/mol. The molecule has 0 aliphatic carbocycles. The van der Waals surface area contributed by atoms with Gasteiger partial charge in [-0.25, -0.2) is 4.79 Å². The number of benzene rings is 1. The number of carbonyl (C=O) groups is 2. The molecule has 19 heavy (non-hydrogen) atoms. The van der Waals surface area contributed by atoms with Crippen LogP contribution in [0.25, 0.3) is 0 Å². The number of nitrogens with zero attached hydrogens (tertiary/aromatic N) is 1. The Morgan fingerprint density at radius 3 is 2.58 bits per heavy atom. The SMILES string of the molecule is CC(OC(=O)c1cc([N+](=O)[O-])c(F)cc1Br)C(N)=O. The van der Waals surface area contributed by atoms with Crippen LogP contribution < -0.4 is 5.73 Å². The van der Waals surface area contributed by atoms with Crippen LogP contribution in [0, 0.1) is 15.9 Å². The Bertz CT molecular complexity index is 563. The Hall–Kier alpha value is -2.03. The van der Waals surface area contributed by atoms with Gasteiger partial charge in [0.05, 0.1) is 10.5 Å². The van der Waals surface area contributed by atoms with Gasteiger partial charge in [0.1, 0.15) is 0 Å². The minimum Gasteiger partial charge on any atom is -0.449 e. The summed E-state index contributed by atoms with van der Waals surface area (Å²) in [5.41, 5.74) is 3.76. The van der Waals surface area contributed by atoms with Crippen molar-refractivity contribution in [3.63, 3.8) is 0 Å². The summed E-state index contributed by atoms with van der Waals surface area (Å²) in [6.45, 7) is 1.24. The summed E-state index contributed by atoms with van der Waals surface area (Å²) in [6.07, 6.45) is -1.21. The summed E-state index contributed by atoms with van der Waals surface area (Å²) >= 11 is 2.88. The average Bonchev–Trinajstić information content (AvgIpc) is 2.27. The van der Waals surface area contributed by atoms with Gasteiger partial charge in [-0.3, -0.25) is 14.9 Å². The molecular formula is C10H8BrFN2O5. The lowest BCUT2D eigenvalue weighted by atomic mass is 10.2. The van der Waals surface area contributed by atoms with E-state index in [0.29, 0.717) is 0 Å². The number of halogens is 2. The van der Waals surface area contributed by atoms with Gasteiger partial charge in [0.25, 0.3) is 5.91 Å². The molecule has 1 aromatic rings. The molecule has 0 radical (unpaired) electrons. The predicted octanol–water partition coefficient (Wildman–Crippen LogP) is 1.53. The highest BCUT2D eigenvalue weighted by Crippen LogP contribution is 2.27. The van der Waals surface area contributed by atoms with Gasteiger partial charge in [0, 0.05) is 10.5 Å². The maximum Gasteiger partial charge on any atom is 0.340 e. The monoisotopic (exact) mass is 334 g/mol. The molecule has 0 saturated carbocycles. The first kappa shape index (κ1) is 15.0. The quantitative estimate of drug-likeness (QED) is 0.509. The molecular weight excluding hydrogens is 327 g/mol. The lowest BCUT2D eigenvalue weighted by Crippen LogP contribution is -2.30. The smallest absolute Gasteiger partial charge is 0.340 e. The Morgan fingerprint density at radius 2 is 2.11 bits per heavy atom. The number of primary amides is 1. The van der Waals surface area contributed by atoms with Crippen LogP contribution in [0.15, 0.2) is 16.6 Å². The molecule has 0 aromatic heterocycles. The molecule has 1 atom stereocenters. The van der Waals surface area contributed by atoms with Crippen LogP contribution in [-0.4, -0.2) is 22.9 Å². The number of rotatable bonds is 4. The first-order valence-corrected chi connectivity index (χ1v) is 5.67. The summed E-state index contributed by atoms with van der Waals surface area (Å²) in [7, 11) is 0. The minimum atomic E-state index is -1.21. The molecule has 102 valence electrons. The largest absolute Gasteiger partial charge is 0.449 e. The number of nitro benzene ring substituents is 1. The van der Waals surface area contributed by atoms with Crippen LogP contribution >= 0.6 is 15.9 Å². The topological polar surface area (TPSA) is 113 Å². The molecule has 2 N–H and O–H groups in total. The molecule has 1 amide bonds. The fourth-order valence-corrected chi connectivity index (χ4v) is 1.59. The molecule has 1 aromatic carbocycles. The summed E-state index contributed by atoms with van der Waals surface area (Å²) in [5.74, 6) is -3.00. The Morgan fingerprint density at radius 1 is 1.53 bits per heavy atom. The molecule has 1 rings (SSSR count). The standard InChI is InChI=1S/C10H8BrFN2O5/c1-4(9(13)15)19-10(16)5-2-8(14(17)18)7(12)3-6(5)11/h2-4H,1H3,(H2,13,15). The predicted molar refractivity (Wildman–Crippen MR) is 64.8 cm³/mol. The van der Waals surface area contributed by atoms with Crippen LogP contribution in [0.2, 0.25) is 0 Å². The summed E-state index contributed by atoms with van der Waals surface area (Å²) in [4.78, 5) is 32.0. The van der Waals surface area contributed by atoms with Crippen LogP contribution in [0.5, 0.6) is 0 Å². The maximum atomic E-state index is 13.2. The first-order chi connectivity index (χ1) is 8.73. The highest BCUT2D eigenvalue weighted by Gasteiger charge is 2.24. The normalized spacial score (nSPS) is 11.7. The van der Waals surface area contributed by atoms with E-state index in [1.165, 1.54) is 6.92 Å². The molecule has 7 nitrogen and oxygen atoms in total. The van der Waals surface area contributed by atoms with Gasteiger partial charge in [-0.1, -0.05) is 0 Å². The number of carbonyl (C=O) groups excluding carboxylic acids is 2. The molecule has 0 aliphatic rings. The zero-order valence-electron chi connectivity index (χ0n) is 9.55. The number of esters is 1. The van der Waals surface area contributed by atoms with Crippen molar-refractivity contribution in [1.82, 2.24) is 0 Å². The van der Waals surface area contributed by atoms with Crippen LogP contribution in [0.4, 0.5) is 10.1 Å². The third kappa shape index (κ3) is 3.47. The van der Waals surface area contributed by atoms with E-state index < -0.39 is 34.4 Å². The van der Waals surface area contributed by atoms with Crippen molar-refractivity contribution in [3.8, 4) is 0 Å². The van der Waals surface area contributed by atoms with E-state index in [9.17, 15) is 24.1 Å². The summed E-state index contributed by atoms with van der Waals surface area (Å²) < 4.78 is 17.9. The molecule has 1 unspecified atom stereocenters. The van der Waals surface area contributed by atoms with Crippen LogP contribution in [0.3, 0.4) is 0 Å². The van der Waals surface area contributed by atoms with Crippen molar-refractivity contribution in [1.29, 1.82) is 0 Å². The van der Waals surface area contributed by atoms with Crippen LogP contribution in [0.1, 0.15) is 17.3 Å². The fraction of sp³-hybridized carbons (Fsp3) is 0.200. The number of ether oxygens (including phenoxy) is 1. The summed E-state index contributed by atoms with van der Waals surface area (Å²) in [5, 5.41) is 10.6. The lowest BCUT2D eigenvalue weighted by molar-refractivity contribution is -0.387. The Labute approximate surface area is 114 Å². The van der Waals surface area contributed by atoms with Gasteiger partial charge in [-0.05, 0) is 28.9 Å². The number of hydrogen-bond donors (Lipinski definition) is 1. The van der Waals surface area contributed by atoms with Gasteiger partial charge in [-0.2, -0.15) is 4.39 Å². The Kier molecular flexibility index (Phi) is 4.54. The van der Waals surface area contributed by atoms with Gasteiger partial charge in [0.15, 0.2) is 6.10 Å². The van der Waals surface area contributed by atoms with Crippen molar-refractivity contribution >= 4 is 33.5 Å². The van der Waals surface area contributed by atoms with Gasteiger partial charge < -0.3 is 10.5 Å². The van der Waals surface area contributed by atoms with E-state index in [0.717, 1.165) is 12.1 Å². The van der Waals surface area contributed by atoms with Crippen molar-refractivity contribution in [2.45, 2.75) is 13.0 Å².